The number of fused-ring (bicyclic) bond motifs is 1. The Bertz CT molecular complexity index is 1390. The van der Waals surface area contributed by atoms with E-state index in [-0.39, 0.29) is 30.9 Å². The van der Waals surface area contributed by atoms with E-state index in [2.05, 4.69) is 26.3 Å². The summed E-state index contributed by atoms with van der Waals surface area (Å²) in [5, 5.41) is 31.8. The monoisotopic (exact) mass is 595 g/mol. The fraction of sp³-hybridized carbons (Fsp3) is 0.400. The molecule has 1 fully saturated rings. The van der Waals surface area contributed by atoms with Gasteiger partial charge in [0.15, 0.2) is 0 Å². The zero-order chi connectivity index (χ0) is 30.1. The molecule has 1 aromatic heterocycles. The molecule has 0 saturated carbocycles. The van der Waals surface area contributed by atoms with Crippen molar-refractivity contribution in [3.8, 4) is 5.75 Å². The van der Waals surface area contributed by atoms with Crippen molar-refractivity contribution in [3.63, 3.8) is 0 Å². The standard InChI is InChI=1S/C30H37N5O6S/c1-42-14-12-24(28(38)35-26(30(40)41)16-19-17-32-22-6-3-2-5-21(19)22)33-29(39)25(15-18-8-10-20(36)11-9-18)34-27(37)23-7-4-13-31-23/h2-3,5-6,8-11,17,23-26,31-32,36H,4,7,12-16H2,1H3,(H,33,39)(H,34,37)(H,35,38)(H,40,41). The molecular weight excluding hydrogens is 558 g/mol. The summed E-state index contributed by atoms with van der Waals surface area (Å²) >= 11 is 1.49. The first-order chi connectivity index (χ1) is 20.2. The van der Waals surface area contributed by atoms with Crippen LogP contribution in [0.1, 0.15) is 30.4 Å². The molecule has 4 atom stereocenters. The lowest BCUT2D eigenvalue weighted by Crippen LogP contribution is -2.57. The molecule has 3 amide bonds. The molecule has 7 N–H and O–H groups in total. The molecule has 2 aromatic carbocycles. The van der Waals surface area contributed by atoms with Crippen LogP contribution < -0.4 is 21.3 Å². The summed E-state index contributed by atoms with van der Waals surface area (Å²) in [6.45, 7) is 0.715. The van der Waals surface area contributed by atoms with E-state index in [0.29, 0.717) is 24.3 Å². The SMILES string of the molecule is CSCCC(NC(=O)C(Cc1ccc(O)cc1)NC(=O)C1CCCN1)C(=O)NC(Cc1c[nH]c2ccccc12)C(=O)O. The van der Waals surface area contributed by atoms with Gasteiger partial charge in [-0.3, -0.25) is 14.4 Å². The Morgan fingerprint density at radius 1 is 0.952 bits per heavy atom. The van der Waals surface area contributed by atoms with E-state index >= 15 is 0 Å². The first-order valence-corrected chi connectivity index (χ1v) is 15.3. The zero-order valence-corrected chi connectivity index (χ0v) is 24.2. The third kappa shape index (κ3) is 8.26. The quantitative estimate of drug-likeness (QED) is 0.148. The van der Waals surface area contributed by atoms with Crippen LogP contribution in [0.25, 0.3) is 10.9 Å². The summed E-state index contributed by atoms with van der Waals surface area (Å²) in [5.41, 5.74) is 2.32. The molecule has 0 aliphatic carbocycles. The number of aliphatic carboxylic acids is 1. The van der Waals surface area contributed by atoms with Crippen LogP contribution in [0, 0.1) is 0 Å². The van der Waals surface area contributed by atoms with Crippen molar-refractivity contribution in [2.45, 2.75) is 56.3 Å². The average Bonchev–Trinajstić information content (AvgIpc) is 3.66. The average molecular weight is 596 g/mol. The number of para-hydroxylation sites is 1. The summed E-state index contributed by atoms with van der Waals surface area (Å²) in [6.07, 6.45) is 5.58. The van der Waals surface area contributed by atoms with Crippen molar-refractivity contribution >= 4 is 46.4 Å². The minimum absolute atomic E-state index is 0.0577. The second-order valence-electron chi connectivity index (χ2n) is 10.4. The molecule has 4 unspecified atom stereocenters. The van der Waals surface area contributed by atoms with Gasteiger partial charge in [-0.2, -0.15) is 11.8 Å². The molecule has 42 heavy (non-hydrogen) atoms. The van der Waals surface area contributed by atoms with Gasteiger partial charge in [0.1, 0.15) is 23.9 Å². The predicted octanol–water partition coefficient (Wildman–Crippen LogP) is 1.70. The summed E-state index contributed by atoms with van der Waals surface area (Å²) in [5.74, 6) is -2.05. The van der Waals surface area contributed by atoms with Crippen molar-refractivity contribution in [2.75, 3.05) is 18.6 Å². The molecule has 1 aliphatic rings. The molecule has 3 aromatic rings. The number of rotatable bonds is 14. The van der Waals surface area contributed by atoms with Gasteiger partial charge in [0, 0.05) is 29.9 Å². The van der Waals surface area contributed by atoms with Crippen molar-refractivity contribution in [3.05, 3.63) is 65.9 Å². The van der Waals surface area contributed by atoms with Crippen LogP contribution in [0.5, 0.6) is 5.75 Å². The number of amides is 3. The van der Waals surface area contributed by atoms with Crippen LogP contribution in [0.2, 0.25) is 0 Å². The van der Waals surface area contributed by atoms with E-state index in [9.17, 15) is 29.4 Å². The Balaban J connectivity index is 1.48. The number of thioether (sulfide) groups is 1. The molecule has 11 nitrogen and oxygen atoms in total. The molecule has 1 saturated heterocycles. The lowest BCUT2D eigenvalue weighted by Gasteiger charge is -2.25. The number of carbonyl (C=O) groups is 4. The number of aromatic hydroxyl groups is 1. The number of aromatic amines is 1. The van der Waals surface area contributed by atoms with Crippen molar-refractivity contribution < 1.29 is 29.4 Å². The molecule has 12 heteroatoms. The third-order valence-corrected chi connectivity index (χ3v) is 7.99. The van der Waals surface area contributed by atoms with Gasteiger partial charge in [0.25, 0.3) is 0 Å². The highest BCUT2D eigenvalue weighted by Gasteiger charge is 2.32. The van der Waals surface area contributed by atoms with Gasteiger partial charge in [0.2, 0.25) is 17.7 Å². The van der Waals surface area contributed by atoms with Crippen LogP contribution in [-0.4, -0.2) is 81.6 Å². The summed E-state index contributed by atoms with van der Waals surface area (Å²) in [4.78, 5) is 55.2. The number of H-pyrrole nitrogens is 1. The highest BCUT2D eigenvalue weighted by molar-refractivity contribution is 7.98. The fourth-order valence-electron chi connectivity index (χ4n) is 5.03. The van der Waals surface area contributed by atoms with E-state index in [0.717, 1.165) is 22.9 Å². The number of phenolic OH excluding ortho intramolecular Hbond substituents is 1. The van der Waals surface area contributed by atoms with Crippen LogP contribution >= 0.6 is 11.8 Å². The van der Waals surface area contributed by atoms with Gasteiger partial charge in [-0.1, -0.05) is 30.3 Å². The first kappa shape index (κ1) is 30.9. The fourth-order valence-corrected chi connectivity index (χ4v) is 5.50. The van der Waals surface area contributed by atoms with Gasteiger partial charge in [-0.05, 0) is 67.1 Å². The maximum absolute atomic E-state index is 13.6. The highest BCUT2D eigenvalue weighted by Crippen LogP contribution is 2.19. The molecular formula is C30H37N5O6S. The largest absolute Gasteiger partial charge is 0.508 e. The Morgan fingerprint density at radius 2 is 1.67 bits per heavy atom. The van der Waals surface area contributed by atoms with Crippen LogP contribution in [0.4, 0.5) is 0 Å². The third-order valence-electron chi connectivity index (χ3n) is 7.34. The Morgan fingerprint density at radius 3 is 2.36 bits per heavy atom. The van der Waals surface area contributed by atoms with Gasteiger partial charge in [0.05, 0.1) is 6.04 Å². The normalized spacial score (nSPS) is 16.8. The second-order valence-corrected chi connectivity index (χ2v) is 11.4. The number of aromatic nitrogens is 1. The van der Waals surface area contributed by atoms with Crippen LogP contribution in [0.15, 0.2) is 54.7 Å². The Kier molecular flexibility index (Phi) is 10.8. The molecule has 2 heterocycles. The zero-order valence-electron chi connectivity index (χ0n) is 23.4. The van der Waals surface area contributed by atoms with Gasteiger partial charge < -0.3 is 36.5 Å². The van der Waals surface area contributed by atoms with E-state index in [1.54, 1.807) is 18.3 Å². The lowest BCUT2D eigenvalue weighted by atomic mass is 10.0. The Labute approximate surface area is 248 Å². The van der Waals surface area contributed by atoms with E-state index in [1.807, 2.05) is 30.5 Å². The maximum atomic E-state index is 13.6. The number of nitrogens with one attached hydrogen (secondary N) is 5. The molecule has 0 radical (unpaired) electrons. The number of carboxylic acid groups (broad SMARTS) is 1. The van der Waals surface area contributed by atoms with E-state index in [4.69, 9.17) is 0 Å². The number of hydrogen-bond acceptors (Lipinski definition) is 7. The number of carbonyl (C=O) groups excluding carboxylic acids is 3. The van der Waals surface area contributed by atoms with Crippen molar-refractivity contribution in [1.82, 2.24) is 26.3 Å². The number of benzene rings is 2. The van der Waals surface area contributed by atoms with Crippen molar-refractivity contribution in [2.24, 2.45) is 0 Å². The van der Waals surface area contributed by atoms with Crippen LogP contribution in [0.3, 0.4) is 0 Å². The molecule has 0 bridgehead atoms. The lowest BCUT2D eigenvalue weighted by molar-refractivity contribution is -0.142. The van der Waals surface area contributed by atoms with Crippen LogP contribution in [-0.2, 0) is 32.0 Å². The molecule has 1 aliphatic heterocycles. The van der Waals surface area contributed by atoms with Gasteiger partial charge in [-0.25, -0.2) is 4.79 Å². The smallest absolute Gasteiger partial charge is 0.326 e. The minimum atomic E-state index is -1.22. The van der Waals surface area contributed by atoms with Crippen molar-refractivity contribution in [1.29, 1.82) is 0 Å². The highest BCUT2D eigenvalue weighted by atomic mass is 32.2. The Hall–Kier alpha value is -4.03. The first-order valence-electron chi connectivity index (χ1n) is 13.9. The topological polar surface area (TPSA) is 173 Å². The van der Waals surface area contributed by atoms with Gasteiger partial charge in [-0.15, -0.1) is 0 Å². The molecule has 224 valence electrons. The summed E-state index contributed by atoms with van der Waals surface area (Å²) in [7, 11) is 0. The minimum Gasteiger partial charge on any atom is -0.508 e. The number of carboxylic acids is 1. The van der Waals surface area contributed by atoms with Gasteiger partial charge >= 0.3 is 5.97 Å². The predicted molar refractivity (Wildman–Crippen MR) is 161 cm³/mol. The molecule has 0 spiro atoms. The molecule has 4 rings (SSSR count). The second kappa shape index (κ2) is 14.7. The maximum Gasteiger partial charge on any atom is 0.326 e. The number of hydrogen-bond donors (Lipinski definition) is 7. The summed E-state index contributed by atoms with van der Waals surface area (Å²) < 4.78 is 0. The van der Waals surface area contributed by atoms with E-state index < -0.39 is 42.0 Å². The number of phenols is 1. The van der Waals surface area contributed by atoms with E-state index in [1.165, 1.54) is 23.9 Å². The summed E-state index contributed by atoms with van der Waals surface area (Å²) in [6, 6.07) is 10.2.